The van der Waals surface area contributed by atoms with E-state index in [4.69, 9.17) is 0 Å². The van der Waals surface area contributed by atoms with E-state index in [0.717, 1.165) is 22.2 Å². The lowest BCUT2D eigenvalue weighted by atomic mass is 9.92. The van der Waals surface area contributed by atoms with Gasteiger partial charge >= 0.3 is 6.18 Å². The quantitative estimate of drug-likeness (QED) is 0.603. The van der Waals surface area contributed by atoms with Crippen LogP contribution in [0.5, 0.6) is 0 Å². The Morgan fingerprint density at radius 3 is 2.27 bits per heavy atom. The predicted octanol–water partition coefficient (Wildman–Crippen LogP) is 4.11. The molecular formula is C21H19BrF4N2O2. The second-order valence-electron chi connectivity index (χ2n) is 7.25. The summed E-state index contributed by atoms with van der Waals surface area (Å²) in [7, 11) is 1.44. The van der Waals surface area contributed by atoms with Crippen LogP contribution >= 0.6 is 15.9 Å². The van der Waals surface area contributed by atoms with Gasteiger partial charge in [0.2, 0.25) is 11.8 Å². The zero-order valence-corrected chi connectivity index (χ0v) is 17.5. The van der Waals surface area contributed by atoms with E-state index in [1.165, 1.54) is 7.05 Å². The van der Waals surface area contributed by atoms with Gasteiger partial charge in [-0.15, -0.1) is 0 Å². The molecule has 2 N–H and O–H groups in total. The molecule has 1 atom stereocenters. The Hall–Kier alpha value is -2.42. The molecule has 0 aromatic heterocycles. The molecule has 1 fully saturated rings. The molecule has 1 aliphatic rings. The minimum absolute atomic E-state index is 0.0905. The summed E-state index contributed by atoms with van der Waals surface area (Å²) >= 11 is 3.32. The molecule has 0 unspecified atom stereocenters. The lowest BCUT2D eigenvalue weighted by molar-refractivity contribution is -0.137. The molecular weight excluding hydrogens is 468 g/mol. The highest BCUT2D eigenvalue weighted by atomic mass is 79.9. The average Bonchev–Trinajstić information content (AvgIpc) is 3.49. The normalized spacial score (nSPS) is 15.9. The summed E-state index contributed by atoms with van der Waals surface area (Å²) in [6, 6.07) is 8.48. The highest BCUT2D eigenvalue weighted by Crippen LogP contribution is 2.50. The number of hydrogen-bond donors (Lipinski definition) is 2. The first-order valence-electron chi connectivity index (χ1n) is 9.21. The van der Waals surface area contributed by atoms with E-state index in [9.17, 15) is 27.2 Å². The van der Waals surface area contributed by atoms with Crippen LogP contribution in [0.3, 0.4) is 0 Å². The SMILES string of the molecule is CNC(=O)[C@H](Cc1ccc(Br)cc1)NC(=O)C1(c2ccc(C(F)(F)F)cc2F)CC1. The van der Waals surface area contributed by atoms with E-state index >= 15 is 0 Å². The zero-order valence-electron chi connectivity index (χ0n) is 15.9. The summed E-state index contributed by atoms with van der Waals surface area (Å²) in [5.74, 6) is -2.08. The van der Waals surface area contributed by atoms with Crippen molar-refractivity contribution in [2.24, 2.45) is 0 Å². The molecule has 2 aromatic carbocycles. The van der Waals surface area contributed by atoms with E-state index < -0.39 is 40.8 Å². The first kappa shape index (κ1) is 22.3. The van der Waals surface area contributed by atoms with Crippen LogP contribution < -0.4 is 10.6 Å². The van der Waals surface area contributed by atoms with Gasteiger partial charge in [0.1, 0.15) is 11.9 Å². The third-order valence-electron chi connectivity index (χ3n) is 5.22. The van der Waals surface area contributed by atoms with Crippen molar-refractivity contribution < 1.29 is 27.2 Å². The molecule has 0 saturated heterocycles. The van der Waals surface area contributed by atoms with Crippen molar-refractivity contribution in [1.29, 1.82) is 0 Å². The number of carbonyl (C=O) groups is 2. The number of carbonyl (C=O) groups excluding carboxylic acids is 2. The van der Waals surface area contributed by atoms with Crippen LogP contribution in [-0.4, -0.2) is 24.9 Å². The van der Waals surface area contributed by atoms with Crippen molar-refractivity contribution in [2.45, 2.75) is 36.9 Å². The lowest BCUT2D eigenvalue weighted by Crippen LogP contribution is -2.50. The van der Waals surface area contributed by atoms with Gasteiger partial charge in [-0.3, -0.25) is 9.59 Å². The first-order valence-corrected chi connectivity index (χ1v) is 10.0. The number of halogens is 5. The molecule has 2 amide bonds. The maximum atomic E-state index is 14.5. The van der Waals surface area contributed by atoms with E-state index in [-0.39, 0.29) is 12.0 Å². The molecule has 160 valence electrons. The summed E-state index contributed by atoms with van der Waals surface area (Å²) in [4.78, 5) is 25.2. The topological polar surface area (TPSA) is 58.2 Å². The molecule has 0 aliphatic heterocycles. The standard InChI is InChI=1S/C21H19BrF4N2O2/c1-27-18(29)17(10-12-2-5-14(22)6-3-12)28-19(30)20(8-9-20)15-7-4-13(11-16(15)23)21(24,25)26/h2-7,11,17H,8-10H2,1H3,(H,27,29)(H,28,30)/t17-/m0/s1. The van der Waals surface area contributed by atoms with Gasteiger partial charge in [0, 0.05) is 23.5 Å². The smallest absolute Gasteiger partial charge is 0.357 e. The Morgan fingerprint density at radius 1 is 1.13 bits per heavy atom. The Bertz CT molecular complexity index is 956. The van der Waals surface area contributed by atoms with Gasteiger partial charge < -0.3 is 10.6 Å². The summed E-state index contributed by atoms with van der Waals surface area (Å²) in [6.45, 7) is 0. The predicted molar refractivity (Wildman–Crippen MR) is 106 cm³/mol. The maximum Gasteiger partial charge on any atom is 0.416 e. The summed E-state index contributed by atoms with van der Waals surface area (Å²) in [5.41, 5.74) is -1.66. The average molecular weight is 487 g/mol. The fraction of sp³-hybridized carbons (Fsp3) is 0.333. The Kier molecular flexibility index (Phi) is 6.21. The summed E-state index contributed by atoms with van der Waals surface area (Å²) < 4.78 is 53.7. The van der Waals surface area contributed by atoms with E-state index in [1.54, 1.807) is 24.3 Å². The van der Waals surface area contributed by atoms with Gasteiger partial charge in [0.25, 0.3) is 0 Å². The van der Waals surface area contributed by atoms with Crippen molar-refractivity contribution in [3.63, 3.8) is 0 Å². The highest BCUT2D eigenvalue weighted by molar-refractivity contribution is 9.10. The molecule has 3 rings (SSSR count). The molecule has 0 bridgehead atoms. The number of benzene rings is 2. The third kappa shape index (κ3) is 4.66. The zero-order chi connectivity index (χ0) is 22.1. The largest absolute Gasteiger partial charge is 0.416 e. The fourth-order valence-electron chi connectivity index (χ4n) is 3.36. The number of hydrogen-bond acceptors (Lipinski definition) is 2. The van der Waals surface area contributed by atoms with Crippen molar-refractivity contribution in [3.05, 3.63) is 69.4 Å². The minimum Gasteiger partial charge on any atom is -0.357 e. The van der Waals surface area contributed by atoms with Crippen LogP contribution in [0.25, 0.3) is 0 Å². The van der Waals surface area contributed by atoms with Crippen LogP contribution in [0, 0.1) is 5.82 Å². The maximum absolute atomic E-state index is 14.5. The molecule has 1 saturated carbocycles. The van der Waals surface area contributed by atoms with E-state index in [2.05, 4.69) is 26.6 Å². The van der Waals surface area contributed by atoms with Crippen molar-refractivity contribution >= 4 is 27.7 Å². The lowest BCUT2D eigenvalue weighted by Gasteiger charge is -2.22. The fourth-order valence-corrected chi connectivity index (χ4v) is 3.62. The second kappa shape index (κ2) is 8.37. The molecule has 1 aliphatic carbocycles. The van der Waals surface area contributed by atoms with E-state index in [1.807, 2.05) is 0 Å². The van der Waals surface area contributed by atoms with Crippen LogP contribution in [-0.2, 0) is 27.6 Å². The molecule has 9 heteroatoms. The molecule has 4 nitrogen and oxygen atoms in total. The summed E-state index contributed by atoms with van der Waals surface area (Å²) in [6.07, 6.45) is -3.88. The van der Waals surface area contributed by atoms with Crippen molar-refractivity contribution in [2.75, 3.05) is 7.05 Å². The highest BCUT2D eigenvalue weighted by Gasteiger charge is 2.53. The van der Waals surface area contributed by atoms with Gasteiger partial charge in [-0.05, 0) is 42.7 Å². The first-order chi connectivity index (χ1) is 14.1. The Balaban J connectivity index is 1.81. The number of amides is 2. The number of alkyl halides is 3. The van der Waals surface area contributed by atoms with Crippen LogP contribution in [0.2, 0.25) is 0 Å². The number of likely N-dealkylation sites (N-methyl/N-ethyl adjacent to an activating group) is 1. The van der Waals surface area contributed by atoms with E-state index in [0.29, 0.717) is 18.9 Å². The molecule has 2 aromatic rings. The molecule has 0 radical (unpaired) electrons. The van der Waals surface area contributed by atoms with Gasteiger partial charge in [-0.25, -0.2) is 4.39 Å². The Morgan fingerprint density at radius 2 is 1.77 bits per heavy atom. The van der Waals surface area contributed by atoms with Gasteiger partial charge in [-0.2, -0.15) is 13.2 Å². The van der Waals surface area contributed by atoms with Gasteiger partial charge in [0.15, 0.2) is 0 Å². The van der Waals surface area contributed by atoms with Crippen LogP contribution in [0.15, 0.2) is 46.9 Å². The van der Waals surface area contributed by atoms with Crippen molar-refractivity contribution in [1.82, 2.24) is 10.6 Å². The number of rotatable bonds is 6. The monoisotopic (exact) mass is 486 g/mol. The second-order valence-corrected chi connectivity index (χ2v) is 8.16. The van der Waals surface area contributed by atoms with Crippen molar-refractivity contribution in [3.8, 4) is 0 Å². The Labute approximate surface area is 179 Å². The molecule has 0 heterocycles. The summed E-state index contributed by atoms with van der Waals surface area (Å²) in [5, 5.41) is 5.14. The van der Waals surface area contributed by atoms with Gasteiger partial charge in [-0.1, -0.05) is 34.1 Å². The minimum atomic E-state index is -4.67. The third-order valence-corrected chi connectivity index (χ3v) is 5.75. The van der Waals surface area contributed by atoms with Crippen LogP contribution in [0.4, 0.5) is 17.6 Å². The molecule has 30 heavy (non-hydrogen) atoms. The molecule has 0 spiro atoms. The van der Waals surface area contributed by atoms with Gasteiger partial charge in [0.05, 0.1) is 11.0 Å². The number of nitrogens with one attached hydrogen (secondary N) is 2. The van der Waals surface area contributed by atoms with Crippen LogP contribution in [0.1, 0.15) is 29.5 Å².